The van der Waals surface area contributed by atoms with Crippen molar-refractivity contribution in [3.63, 3.8) is 0 Å². The second-order valence-electron chi connectivity index (χ2n) is 5.72. The number of amides is 2. The van der Waals surface area contributed by atoms with E-state index in [1.807, 2.05) is 0 Å². The zero-order valence-electron chi connectivity index (χ0n) is 13.9. The number of anilines is 1. The molecular formula is C15H26ClN5O3. The molecule has 1 aromatic rings. The Morgan fingerprint density at radius 2 is 2.29 bits per heavy atom. The molecule has 2 amide bonds. The molecule has 2 heterocycles. The third-order valence-corrected chi connectivity index (χ3v) is 3.79. The minimum absolute atomic E-state index is 0. The van der Waals surface area contributed by atoms with E-state index >= 15 is 0 Å². The molecule has 8 nitrogen and oxygen atoms in total. The minimum Gasteiger partial charge on any atom is -0.383 e. The molecule has 1 aliphatic heterocycles. The zero-order chi connectivity index (χ0) is 16.5. The molecule has 0 saturated carbocycles. The van der Waals surface area contributed by atoms with E-state index in [0.29, 0.717) is 31.2 Å². The lowest BCUT2D eigenvalue weighted by Gasteiger charge is -2.07. The first-order valence-electron chi connectivity index (χ1n) is 7.96. The quantitative estimate of drug-likeness (QED) is 0.554. The fraction of sp³-hybridized carbons (Fsp3) is 0.667. The molecule has 136 valence electrons. The van der Waals surface area contributed by atoms with Gasteiger partial charge < -0.3 is 20.7 Å². The van der Waals surface area contributed by atoms with Gasteiger partial charge in [0.05, 0.1) is 18.5 Å². The van der Waals surface area contributed by atoms with Crippen molar-refractivity contribution in [1.29, 1.82) is 0 Å². The monoisotopic (exact) mass is 359 g/mol. The van der Waals surface area contributed by atoms with E-state index in [0.717, 1.165) is 25.9 Å². The molecule has 0 bridgehead atoms. The van der Waals surface area contributed by atoms with E-state index in [4.69, 9.17) is 4.74 Å². The van der Waals surface area contributed by atoms with Gasteiger partial charge in [-0.25, -0.2) is 0 Å². The number of nitrogens with zero attached hydrogens (tertiary/aromatic N) is 2. The summed E-state index contributed by atoms with van der Waals surface area (Å²) in [5, 5.41) is 12.9. The number of rotatable bonds is 9. The van der Waals surface area contributed by atoms with Crippen molar-refractivity contribution in [1.82, 2.24) is 20.4 Å². The van der Waals surface area contributed by atoms with Crippen LogP contribution in [0.1, 0.15) is 19.3 Å². The van der Waals surface area contributed by atoms with Gasteiger partial charge in [0.1, 0.15) is 6.54 Å². The maximum atomic E-state index is 11.9. The van der Waals surface area contributed by atoms with Crippen LogP contribution in [0.2, 0.25) is 0 Å². The van der Waals surface area contributed by atoms with Gasteiger partial charge in [0.15, 0.2) is 0 Å². The van der Waals surface area contributed by atoms with E-state index in [1.165, 1.54) is 4.68 Å². The van der Waals surface area contributed by atoms with Crippen LogP contribution >= 0.6 is 12.4 Å². The molecule has 0 radical (unpaired) electrons. The van der Waals surface area contributed by atoms with E-state index in [9.17, 15) is 9.59 Å². The summed E-state index contributed by atoms with van der Waals surface area (Å²) >= 11 is 0. The Hall–Kier alpha value is -1.64. The zero-order valence-corrected chi connectivity index (χ0v) is 14.7. The fourth-order valence-electron chi connectivity index (χ4n) is 2.53. The van der Waals surface area contributed by atoms with Crippen molar-refractivity contribution in [2.45, 2.75) is 25.8 Å². The average molecular weight is 360 g/mol. The van der Waals surface area contributed by atoms with Crippen LogP contribution in [0, 0.1) is 5.92 Å². The second-order valence-corrected chi connectivity index (χ2v) is 5.72. The van der Waals surface area contributed by atoms with Crippen LogP contribution in [0.4, 0.5) is 5.69 Å². The van der Waals surface area contributed by atoms with Gasteiger partial charge in [-0.3, -0.25) is 14.3 Å². The fourth-order valence-corrected chi connectivity index (χ4v) is 2.53. The highest BCUT2D eigenvalue weighted by Crippen LogP contribution is 2.15. The molecule has 1 unspecified atom stereocenters. The Labute approximate surface area is 148 Å². The van der Waals surface area contributed by atoms with Crippen molar-refractivity contribution >= 4 is 29.9 Å². The van der Waals surface area contributed by atoms with Crippen LogP contribution in [-0.2, 0) is 20.9 Å². The molecule has 0 aliphatic carbocycles. The van der Waals surface area contributed by atoms with E-state index in [2.05, 4.69) is 21.0 Å². The smallest absolute Gasteiger partial charge is 0.241 e. The van der Waals surface area contributed by atoms with Gasteiger partial charge in [0.25, 0.3) is 0 Å². The molecule has 1 atom stereocenters. The normalized spacial score (nSPS) is 16.5. The predicted octanol–water partition coefficient (Wildman–Crippen LogP) is 0.396. The summed E-state index contributed by atoms with van der Waals surface area (Å²) in [6.07, 6.45) is 5.76. The van der Waals surface area contributed by atoms with E-state index in [1.54, 1.807) is 19.5 Å². The Balaban J connectivity index is 0.00000288. The summed E-state index contributed by atoms with van der Waals surface area (Å²) in [7, 11) is 1.58. The lowest BCUT2D eigenvalue weighted by Crippen LogP contribution is -2.30. The molecule has 0 spiro atoms. The predicted molar refractivity (Wildman–Crippen MR) is 93.2 cm³/mol. The Morgan fingerprint density at radius 1 is 1.46 bits per heavy atom. The van der Waals surface area contributed by atoms with Crippen LogP contribution in [0.25, 0.3) is 0 Å². The summed E-state index contributed by atoms with van der Waals surface area (Å²) < 4.78 is 6.36. The molecule has 0 aromatic carbocycles. The van der Waals surface area contributed by atoms with Gasteiger partial charge >= 0.3 is 0 Å². The Kier molecular flexibility index (Phi) is 9.36. The first-order valence-corrected chi connectivity index (χ1v) is 7.96. The number of carbonyl (C=O) groups excluding carboxylic acids is 2. The van der Waals surface area contributed by atoms with Crippen molar-refractivity contribution < 1.29 is 14.3 Å². The van der Waals surface area contributed by atoms with Crippen molar-refractivity contribution in [3.8, 4) is 0 Å². The molecule has 1 aliphatic rings. The largest absolute Gasteiger partial charge is 0.383 e. The Morgan fingerprint density at radius 3 is 3.00 bits per heavy atom. The third kappa shape index (κ3) is 7.29. The van der Waals surface area contributed by atoms with Crippen molar-refractivity contribution in [2.75, 3.05) is 38.7 Å². The van der Waals surface area contributed by atoms with E-state index < -0.39 is 0 Å². The summed E-state index contributed by atoms with van der Waals surface area (Å²) in [6.45, 7) is 3.11. The SMILES string of the molecule is COCCNC(=O)Cn1cc(NC(=O)CCC2CCNC2)cn1.Cl. The first-order chi connectivity index (χ1) is 11.2. The van der Waals surface area contributed by atoms with Crippen LogP contribution in [0.3, 0.4) is 0 Å². The van der Waals surface area contributed by atoms with Gasteiger partial charge in [-0.15, -0.1) is 12.4 Å². The number of ether oxygens (including phenoxy) is 1. The highest BCUT2D eigenvalue weighted by atomic mass is 35.5. The number of carbonyl (C=O) groups is 2. The standard InChI is InChI=1S/C15H25N5O3.ClH/c1-23-7-6-17-15(22)11-20-10-13(9-18-20)19-14(21)3-2-12-4-5-16-8-12;/h9-10,12,16H,2-8,11H2,1H3,(H,17,22)(H,19,21);1H. The number of nitrogens with one attached hydrogen (secondary N) is 3. The van der Waals surface area contributed by atoms with Gasteiger partial charge in [0, 0.05) is 26.3 Å². The number of halogens is 1. The lowest BCUT2D eigenvalue weighted by atomic mass is 10.0. The number of hydrogen-bond donors (Lipinski definition) is 3. The molecular weight excluding hydrogens is 334 g/mol. The van der Waals surface area contributed by atoms with E-state index in [-0.39, 0.29) is 30.8 Å². The summed E-state index contributed by atoms with van der Waals surface area (Å²) in [4.78, 5) is 23.6. The summed E-state index contributed by atoms with van der Waals surface area (Å²) in [5.41, 5.74) is 0.615. The van der Waals surface area contributed by atoms with Gasteiger partial charge in [0.2, 0.25) is 11.8 Å². The molecule has 2 rings (SSSR count). The maximum Gasteiger partial charge on any atom is 0.241 e. The topological polar surface area (TPSA) is 97.3 Å². The highest BCUT2D eigenvalue weighted by molar-refractivity contribution is 5.90. The third-order valence-electron chi connectivity index (χ3n) is 3.79. The molecule has 9 heteroatoms. The lowest BCUT2D eigenvalue weighted by molar-refractivity contribution is -0.122. The second kappa shape index (κ2) is 11.0. The summed E-state index contributed by atoms with van der Waals surface area (Å²) in [5.74, 6) is 0.442. The molecule has 24 heavy (non-hydrogen) atoms. The van der Waals surface area contributed by atoms with Gasteiger partial charge in [-0.2, -0.15) is 5.10 Å². The number of aromatic nitrogens is 2. The average Bonchev–Trinajstić information content (AvgIpc) is 3.17. The van der Waals surface area contributed by atoms with Gasteiger partial charge in [-0.1, -0.05) is 0 Å². The summed E-state index contributed by atoms with van der Waals surface area (Å²) in [6, 6.07) is 0. The van der Waals surface area contributed by atoms with Crippen LogP contribution in [-0.4, -0.2) is 54.9 Å². The van der Waals surface area contributed by atoms with Crippen molar-refractivity contribution in [3.05, 3.63) is 12.4 Å². The first kappa shape index (κ1) is 20.4. The van der Waals surface area contributed by atoms with Crippen LogP contribution in [0.15, 0.2) is 12.4 Å². The van der Waals surface area contributed by atoms with Crippen molar-refractivity contribution in [2.24, 2.45) is 5.92 Å². The molecule has 3 N–H and O–H groups in total. The maximum absolute atomic E-state index is 11.9. The number of hydrogen-bond acceptors (Lipinski definition) is 5. The molecule has 1 fully saturated rings. The van der Waals surface area contributed by atoms with Crippen LogP contribution in [0.5, 0.6) is 0 Å². The minimum atomic E-state index is -0.142. The Bertz CT molecular complexity index is 517. The number of methoxy groups -OCH3 is 1. The molecule has 1 aromatic heterocycles. The molecule has 1 saturated heterocycles. The van der Waals surface area contributed by atoms with Gasteiger partial charge in [-0.05, 0) is 31.8 Å². The van der Waals surface area contributed by atoms with Crippen LogP contribution < -0.4 is 16.0 Å². The highest BCUT2D eigenvalue weighted by Gasteiger charge is 2.16.